The predicted octanol–water partition coefficient (Wildman–Crippen LogP) is 9.27. The van der Waals surface area contributed by atoms with Crippen molar-refractivity contribution in [1.29, 1.82) is 0 Å². The third-order valence-corrected chi connectivity index (χ3v) is 5.93. The second-order valence-corrected chi connectivity index (χ2v) is 8.72. The van der Waals surface area contributed by atoms with E-state index in [1.54, 1.807) is 21.3 Å². The standard InChI is InChI=1S/C28H34N2O3.C3H8.2C2H6/c1-7-27(20(2)3)29-30-28(21-8-14-24(31-4)15-9-21,22-10-16-25(32-5)17-11-22)23-12-18-26(33-6)19-13-23;1-3-2;2*1-2/h8-19,29-30H,7H2,1-6H3;3H2,1-2H3;2*1-2H3. The van der Waals surface area contributed by atoms with Gasteiger partial charge in [-0.15, -0.1) is 0 Å². The summed E-state index contributed by atoms with van der Waals surface area (Å²) in [4.78, 5) is 0. The quantitative estimate of drug-likeness (QED) is 0.195. The lowest BCUT2D eigenvalue weighted by molar-refractivity contribution is 0.401. The Balaban J connectivity index is 0.00000199. The van der Waals surface area contributed by atoms with Crippen molar-refractivity contribution in [2.45, 2.75) is 80.7 Å². The van der Waals surface area contributed by atoms with Crippen molar-refractivity contribution in [2.24, 2.45) is 0 Å². The summed E-state index contributed by atoms with van der Waals surface area (Å²) in [7, 11) is 5.03. The molecule has 0 fully saturated rings. The Kier molecular flexibility index (Phi) is 18.7. The number of hydrogen-bond donors (Lipinski definition) is 2. The predicted molar refractivity (Wildman–Crippen MR) is 172 cm³/mol. The van der Waals surface area contributed by atoms with Crippen molar-refractivity contribution in [3.05, 3.63) is 101 Å². The molecule has 0 aliphatic carbocycles. The van der Waals surface area contributed by atoms with Crippen molar-refractivity contribution >= 4 is 0 Å². The van der Waals surface area contributed by atoms with Gasteiger partial charge in [0.25, 0.3) is 0 Å². The van der Waals surface area contributed by atoms with E-state index in [9.17, 15) is 0 Å². The average molecular weight is 551 g/mol. The van der Waals surface area contributed by atoms with E-state index < -0.39 is 5.54 Å². The number of hydrazine groups is 1. The fourth-order valence-corrected chi connectivity index (χ4v) is 3.98. The van der Waals surface area contributed by atoms with E-state index >= 15 is 0 Å². The molecule has 5 heteroatoms. The zero-order valence-corrected chi connectivity index (χ0v) is 27.1. The number of allylic oxidation sites excluding steroid dienone is 2. The van der Waals surface area contributed by atoms with Gasteiger partial charge in [-0.3, -0.25) is 0 Å². The zero-order valence-electron chi connectivity index (χ0n) is 27.1. The third kappa shape index (κ3) is 9.95. The van der Waals surface area contributed by atoms with E-state index in [2.05, 4.69) is 81.9 Å². The Morgan fingerprint density at radius 1 is 0.575 bits per heavy atom. The molecule has 0 spiro atoms. The van der Waals surface area contributed by atoms with E-state index in [4.69, 9.17) is 14.2 Å². The maximum Gasteiger partial charge on any atom is 0.118 e. The molecule has 0 atom stereocenters. The number of methoxy groups -OCH3 is 3. The lowest BCUT2D eigenvalue weighted by atomic mass is 9.77. The Morgan fingerprint density at radius 3 is 1.05 bits per heavy atom. The lowest BCUT2D eigenvalue weighted by Gasteiger charge is -2.38. The first-order chi connectivity index (χ1) is 19.4. The monoisotopic (exact) mass is 550 g/mol. The molecule has 0 unspecified atom stereocenters. The minimum atomic E-state index is -0.694. The van der Waals surface area contributed by atoms with E-state index in [1.807, 2.05) is 64.1 Å². The van der Waals surface area contributed by atoms with Crippen LogP contribution in [0.4, 0.5) is 0 Å². The molecule has 3 rings (SSSR count). The second-order valence-electron chi connectivity index (χ2n) is 8.72. The summed E-state index contributed by atoms with van der Waals surface area (Å²) >= 11 is 0. The average Bonchev–Trinajstić information content (AvgIpc) is 3.02. The van der Waals surface area contributed by atoms with Gasteiger partial charge in [0, 0.05) is 5.70 Å². The van der Waals surface area contributed by atoms with Crippen LogP contribution in [0.15, 0.2) is 84.1 Å². The van der Waals surface area contributed by atoms with Crippen LogP contribution in [0.25, 0.3) is 0 Å². The van der Waals surface area contributed by atoms with E-state index in [-0.39, 0.29) is 0 Å². The van der Waals surface area contributed by atoms with Gasteiger partial charge in [0.2, 0.25) is 0 Å². The highest BCUT2D eigenvalue weighted by atomic mass is 16.5. The fourth-order valence-electron chi connectivity index (χ4n) is 3.98. The summed E-state index contributed by atoms with van der Waals surface area (Å²) in [6.45, 7) is 18.6. The largest absolute Gasteiger partial charge is 0.497 e. The number of benzene rings is 3. The van der Waals surface area contributed by atoms with E-state index in [0.717, 1.165) is 46.1 Å². The van der Waals surface area contributed by atoms with Gasteiger partial charge in [0.15, 0.2) is 0 Å². The lowest BCUT2D eigenvalue weighted by Crippen LogP contribution is -2.51. The number of ether oxygens (including phenoxy) is 3. The van der Waals surface area contributed by atoms with Gasteiger partial charge in [0.05, 0.1) is 21.3 Å². The van der Waals surface area contributed by atoms with Gasteiger partial charge < -0.3 is 19.6 Å². The topological polar surface area (TPSA) is 51.8 Å². The Labute approximate surface area is 244 Å². The molecular formula is C35H54N2O3. The first-order valence-corrected chi connectivity index (χ1v) is 14.5. The maximum absolute atomic E-state index is 5.42. The molecule has 3 aromatic carbocycles. The SMILES string of the molecule is CC.CC.CCC.CCC(NNC(c1ccc(OC)cc1)(c1ccc(OC)cc1)c1ccc(OC)cc1)=C(C)C. The Morgan fingerprint density at radius 2 is 0.850 bits per heavy atom. The molecular weight excluding hydrogens is 496 g/mol. The van der Waals surface area contributed by atoms with Crippen LogP contribution in [0.1, 0.15) is 91.8 Å². The highest BCUT2D eigenvalue weighted by molar-refractivity contribution is 5.52. The molecule has 5 nitrogen and oxygen atoms in total. The molecule has 3 aromatic rings. The summed E-state index contributed by atoms with van der Waals surface area (Å²) in [5.41, 5.74) is 12.1. The van der Waals surface area contributed by atoms with Crippen LogP contribution in [-0.4, -0.2) is 21.3 Å². The van der Waals surface area contributed by atoms with Gasteiger partial charge in [-0.2, -0.15) is 0 Å². The van der Waals surface area contributed by atoms with Gasteiger partial charge in [-0.05, 0) is 73.4 Å². The van der Waals surface area contributed by atoms with Crippen LogP contribution in [0.5, 0.6) is 17.2 Å². The molecule has 0 saturated carbocycles. The van der Waals surface area contributed by atoms with E-state index in [1.165, 1.54) is 12.0 Å². The van der Waals surface area contributed by atoms with Crippen LogP contribution in [0.3, 0.4) is 0 Å². The van der Waals surface area contributed by atoms with Crippen molar-refractivity contribution < 1.29 is 14.2 Å². The minimum absolute atomic E-state index is 0.694. The van der Waals surface area contributed by atoms with Gasteiger partial charge in [0.1, 0.15) is 22.8 Å². The molecule has 0 aliphatic rings. The summed E-state index contributed by atoms with van der Waals surface area (Å²) in [5, 5.41) is 0. The van der Waals surface area contributed by atoms with Gasteiger partial charge in [-0.1, -0.05) is 96.9 Å². The Bertz CT molecular complexity index is 953. The van der Waals surface area contributed by atoms with Crippen LogP contribution >= 0.6 is 0 Å². The highest BCUT2D eigenvalue weighted by Crippen LogP contribution is 2.38. The Hall–Kier alpha value is -3.44. The molecule has 0 saturated heterocycles. The van der Waals surface area contributed by atoms with Gasteiger partial charge in [-0.25, -0.2) is 5.43 Å². The summed E-state index contributed by atoms with van der Waals surface area (Å²) in [5.74, 6) is 2.43. The van der Waals surface area contributed by atoms with E-state index in [0.29, 0.717) is 0 Å². The number of nitrogens with one attached hydrogen (secondary N) is 2. The van der Waals surface area contributed by atoms with Crippen LogP contribution in [0.2, 0.25) is 0 Å². The van der Waals surface area contributed by atoms with Crippen molar-refractivity contribution in [3.63, 3.8) is 0 Å². The molecule has 40 heavy (non-hydrogen) atoms. The van der Waals surface area contributed by atoms with Gasteiger partial charge >= 0.3 is 0 Å². The molecule has 0 radical (unpaired) electrons. The molecule has 0 heterocycles. The summed E-state index contributed by atoms with van der Waals surface area (Å²) in [6, 6.07) is 24.5. The molecule has 0 aliphatic heterocycles. The number of rotatable bonds is 10. The van der Waals surface area contributed by atoms with Crippen molar-refractivity contribution in [1.82, 2.24) is 10.9 Å². The van der Waals surface area contributed by atoms with Crippen LogP contribution < -0.4 is 25.1 Å². The van der Waals surface area contributed by atoms with Crippen LogP contribution in [-0.2, 0) is 5.54 Å². The first kappa shape index (κ1) is 36.6. The maximum atomic E-state index is 5.42. The molecule has 2 N–H and O–H groups in total. The highest BCUT2D eigenvalue weighted by Gasteiger charge is 2.37. The van der Waals surface area contributed by atoms with Crippen molar-refractivity contribution in [3.8, 4) is 17.2 Å². The smallest absolute Gasteiger partial charge is 0.118 e. The normalized spacial score (nSPS) is 9.80. The molecule has 0 bridgehead atoms. The zero-order chi connectivity index (χ0) is 30.6. The van der Waals surface area contributed by atoms with Crippen molar-refractivity contribution in [2.75, 3.05) is 21.3 Å². The number of hydrogen-bond acceptors (Lipinski definition) is 5. The summed E-state index contributed by atoms with van der Waals surface area (Å²) in [6.07, 6.45) is 2.14. The molecule has 222 valence electrons. The second kappa shape index (κ2) is 20.5. The minimum Gasteiger partial charge on any atom is -0.497 e. The molecule has 0 aromatic heterocycles. The van der Waals surface area contributed by atoms with Crippen LogP contribution in [0, 0.1) is 0 Å². The third-order valence-electron chi connectivity index (χ3n) is 5.93. The summed E-state index contributed by atoms with van der Waals surface area (Å²) < 4.78 is 16.3. The molecule has 0 amide bonds. The first-order valence-electron chi connectivity index (χ1n) is 14.5. The fraction of sp³-hybridized carbons (Fsp3) is 0.429.